The third-order valence-corrected chi connectivity index (χ3v) is 2.56. The molecule has 0 aromatic rings. The molecular weight excluding hydrogens is 182 g/mol. The number of aliphatic carboxylic acids is 1. The van der Waals surface area contributed by atoms with Gasteiger partial charge in [-0.2, -0.15) is 11.2 Å². The topological polar surface area (TPSA) is 66.4 Å². The molecule has 1 amide bonds. The Labute approximate surface area is 71.8 Å². The molecule has 0 heterocycles. The van der Waals surface area contributed by atoms with E-state index in [4.69, 9.17) is 5.11 Å². The summed E-state index contributed by atoms with van der Waals surface area (Å²) in [7, 11) is 4.50. The first kappa shape index (κ1) is 10.5. The van der Waals surface area contributed by atoms with Gasteiger partial charge in [-0.15, -0.1) is 0 Å². The Morgan fingerprint density at radius 3 is 2.55 bits per heavy atom. The van der Waals surface area contributed by atoms with Crippen molar-refractivity contribution in [1.29, 1.82) is 0 Å². The van der Waals surface area contributed by atoms with E-state index in [0.717, 1.165) is 11.2 Å². The lowest BCUT2D eigenvalue weighted by molar-refractivity contribution is -0.138. The van der Waals surface area contributed by atoms with Crippen LogP contribution in [0.4, 0.5) is 0 Å². The van der Waals surface area contributed by atoms with E-state index >= 15 is 0 Å². The van der Waals surface area contributed by atoms with Crippen LogP contribution in [0.2, 0.25) is 0 Å². The largest absolute Gasteiger partial charge is 0.481 e. The summed E-state index contributed by atoms with van der Waals surface area (Å²) in [6, 6.07) is 0. The molecule has 1 atom stereocenters. The Hall–Kier alpha value is -0.493. The van der Waals surface area contributed by atoms with Gasteiger partial charge in [0, 0.05) is 7.05 Å². The van der Waals surface area contributed by atoms with Gasteiger partial charge in [-0.3, -0.25) is 9.59 Å². The highest BCUT2D eigenvalue weighted by Gasteiger charge is 2.18. The van der Waals surface area contributed by atoms with Crippen molar-refractivity contribution in [3.8, 4) is 0 Å². The van der Waals surface area contributed by atoms with E-state index in [1.54, 1.807) is 0 Å². The van der Waals surface area contributed by atoms with Crippen molar-refractivity contribution in [2.24, 2.45) is 0 Å². The molecule has 0 bridgehead atoms. The third-order valence-electron chi connectivity index (χ3n) is 1.04. The smallest absolute Gasteiger partial charge is 0.304 e. The molecule has 0 aromatic carbocycles. The molecule has 0 aliphatic heterocycles. The molecule has 0 aliphatic rings. The first-order valence-corrected chi connectivity index (χ1v) is 4.98. The zero-order chi connectivity index (χ0) is 8.85. The standard InChI is InChI=1S/C5H8NO3SSi/c1-6-5(9)3(10-11)2-4(7)8/h3H,2H2,1H3,(H,6,9)(H,7,8). The molecule has 0 saturated carbocycles. The monoisotopic (exact) mass is 190 g/mol. The predicted molar refractivity (Wildman–Crippen MR) is 43.5 cm³/mol. The molecule has 4 nitrogen and oxygen atoms in total. The zero-order valence-corrected chi connectivity index (χ0v) is 7.77. The van der Waals surface area contributed by atoms with E-state index in [9.17, 15) is 9.59 Å². The van der Waals surface area contributed by atoms with Gasteiger partial charge in [-0.25, -0.2) is 0 Å². The van der Waals surface area contributed by atoms with E-state index in [-0.39, 0.29) is 12.3 Å². The molecule has 0 saturated heterocycles. The second-order valence-electron chi connectivity index (χ2n) is 1.82. The second kappa shape index (κ2) is 5.20. The van der Waals surface area contributed by atoms with Crippen LogP contribution in [0.25, 0.3) is 0 Å². The minimum atomic E-state index is -0.982. The summed E-state index contributed by atoms with van der Waals surface area (Å²) in [5.74, 6) is -1.27. The highest BCUT2D eigenvalue weighted by atomic mass is 32.4. The summed E-state index contributed by atoms with van der Waals surface area (Å²) in [5, 5.41) is 10.2. The number of carboxylic acids is 1. The van der Waals surface area contributed by atoms with Crippen LogP contribution in [0.15, 0.2) is 0 Å². The van der Waals surface area contributed by atoms with Crippen LogP contribution < -0.4 is 5.32 Å². The number of hydrogen-bond donors (Lipinski definition) is 2. The molecular formula is C5H8NO3SSi. The van der Waals surface area contributed by atoms with Crippen molar-refractivity contribution in [1.82, 2.24) is 5.32 Å². The number of amides is 1. The van der Waals surface area contributed by atoms with Crippen molar-refractivity contribution in [3.05, 3.63) is 0 Å². The SMILES string of the molecule is CNC(=O)C(CC(=O)O)S[Si]. The fourth-order valence-corrected chi connectivity index (χ4v) is 1.53. The Bertz CT molecular complexity index is 164. The highest BCUT2D eigenvalue weighted by Crippen LogP contribution is 2.09. The summed E-state index contributed by atoms with van der Waals surface area (Å²) < 4.78 is 0. The van der Waals surface area contributed by atoms with Crippen molar-refractivity contribution < 1.29 is 14.7 Å². The van der Waals surface area contributed by atoms with Gasteiger partial charge >= 0.3 is 5.97 Å². The van der Waals surface area contributed by atoms with Gasteiger partial charge in [-0.1, -0.05) is 0 Å². The fourth-order valence-electron chi connectivity index (χ4n) is 0.507. The van der Waals surface area contributed by atoms with Crippen molar-refractivity contribution >= 4 is 32.5 Å². The number of carbonyl (C=O) groups excluding carboxylic acids is 1. The van der Waals surface area contributed by atoms with E-state index in [0.29, 0.717) is 0 Å². The molecule has 0 aromatic heterocycles. The fraction of sp³-hybridized carbons (Fsp3) is 0.600. The first-order valence-electron chi connectivity index (χ1n) is 2.87. The molecule has 0 fully saturated rings. The van der Waals surface area contributed by atoms with E-state index in [2.05, 4.69) is 14.7 Å². The van der Waals surface area contributed by atoms with Crippen molar-refractivity contribution in [2.45, 2.75) is 11.7 Å². The van der Waals surface area contributed by atoms with Crippen molar-refractivity contribution in [2.75, 3.05) is 7.05 Å². The molecule has 0 rings (SSSR count). The molecule has 61 valence electrons. The van der Waals surface area contributed by atoms with Gasteiger partial charge in [0.05, 0.1) is 11.7 Å². The molecule has 11 heavy (non-hydrogen) atoms. The molecule has 0 aliphatic carbocycles. The Morgan fingerprint density at radius 2 is 2.27 bits per heavy atom. The van der Waals surface area contributed by atoms with Crippen LogP contribution in [0.5, 0.6) is 0 Å². The Kier molecular flexibility index (Phi) is 4.96. The molecule has 3 radical (unpaired) electrons. The maximum absolute atomic E-state index is 10.9. The van der Waals surface area contributed by atoms with Gasteiger partial charge in [-0.05, 0) is 0 Å². The number of hydrogen-bond acceptors (Lipinski definition) is 3. The summed E-state index contributed by atoms with van der Waals surface area (Å²) >= 11 is 1.04. The number of carbonyl (C=O) groups is 2. The number of nitrogens with one attached hydrogen (secondary N) is 1. The number of carboxylic acid groups (broad SMARTS) is 1. The van der Waals surface area contributed by atoms with Crippen LogP contribution in [0.3, 0.4) is 0 Å². The normalized spacial score (nSPS) is 12.2. The summed E-state index contributed by atoms with van der Waals surface area (Å²) in [4.78, 5) is 21.0. The zero-order valence-electron chi connectivity index (χ0n) is 5.96. The van der Waals surface area contributed by atoms with Crippen LogP contribution in [-0.4, -0.2) is 38.7 Å². The second-order valence-corrected chi connectivity index (χ2v) is 3.33. The third kappa shape index (κ3) is 4.05. The van der Waals surface area contributed by atoms with Gasteiger partial charge in [0.15, 0.2) is 0 Å². The maximum atomic E-state index is 10.9. The van der Waals surface area contributed by atoms with E-state index in [1.165, 1.54) is 7.05 Å². The Balaban J connectivity index is 3.94. The molecule has 0 spiro atoms. The van der Waals surface area contributed by atoms with E-state index in [1.807, 2.05) is 0 Å². The van der Waals surface area contributed by atoms with Crippen LogP contribution >= 0.6 is 11.2 Å². The summed E-state index contributed by atoms with van der Waals surface area (Å²) in [6.07, 6.45) is -0.173. The van der Waals surface area contributed by atoms with E-state index < -0.39 is 11.2 Å². The quantitative estimate of drug-likeness (QED) is 0.581. The van der Waals surface area contributed by atoms with Gasteiger partial charge in [0.25, 0.3) is 0 Å². The lowest BCUT2D eigenvalue weighted by Gasteiger charge is -2.08. The summed E-state index contributed by atoms with van der Waals surface area (Å²) in [6.45, 7) is 0. The lowest BCUT2D eigenvalue weighted by Crippen LogP contribution is -2.31. The average molecular weight is 190 g/mol. The average Bonchev–Trinajstić information content (AvgIpc) is 1.98. The minimum absolute atomic E-state index is 0.173. The summed E-state index contributed by atoms with van der Waals surface area (Å²) in [5.41, 5.74) is 0. The van der Waals surface area contributed by atoms with Gasteiger partial charge in [0.2, 0.25) is 5.91 Å². The van der Waals surface area contributed by atoms with Crippen LogP contribution in [-0.2, 0) is 9.59 Å². The van der Waals surface area contributed by atoms with Crippen molar-refractivity contribution in [3.63, 3.8) is 0 Å². The Morgan fingerprint density at radius 1 is 1.73 bits per heavy atom. The van der Waals surface area contributed by atoms with Gasteiger partial charge < -0.3 is 10.4 Å². The highest BCUT2D eigenvalue weighted by molar-refractivity contribution is 8.20. The number of rotatable bonds is 4. The lowest BCUT2D eigenvalue weighted by atomic mass is 10.3. The first-order chi connectivity index (χ1) is 5.11. The minimum Gasteiger partial charge on any atom is -0.481 e. The molecule has 1 unspecified atom stereocenters. The van der Waals surface area contributed by atoms with Gasteiger partial charge in [0.1, 0.15) is 9.39 Å². The molecule has 6 heteroatoms. The molecule has 2 N–H and O–H groups in total. The predicted octanol–water partition coefficient (Wildman–Crippen LogP) is -0.608. The maximum Gasteiger partial charge on any atom is 0.304 e. The van der Waals surface area contributed by atoms with Crippen LogP contribution in [0, 0.1) is 0 Å². The van der Waals surface area contributed by atoms with Crippen LogP contribution in [0.1, 0.15) is 6.42 Å².